The molecule has 0 aliphatic carbocycles. The lowest BCUT2D eigenvalue weighted by atomic mass is 10.0. The topological polar surface area (TPSA) is 63.6 Å². The molecule has 0 aliphatic heterocycles. The molecule has 3 rings (SSSR count). The number of benzene rings is 3. The monoisotopic (exact) mass is 424 g/mol. The number of rotatable bonds is 5. The van der Waals surface area contributed by atoms with E-state index in [0.717, 1.165) is 5.56 Å². The molecule has 0 amide bonds. The fourth-order valence-electron chi connectivity index (χ4n) is 2.68. The summed E-state index contributed by atoms with van der Waals surface area (Å²) < 4.78 is 5.40. The van der Waals surface area contributed by atoms with E-state index in [1.165, 1.54) is 12.1 Å². The van der Waals surface area contributed by atoms with E-state index >= 15 is 0 Å². The van der Waals surface area contributed by atoms with Crippen molar-refractivity contribution in [2.24, 2.45) is 0 Å². The lowest BCUT2D eigenvalue weighted by Gasteiger charge is -2.10. The van der Waals surface area contributed by atoms with Crippen molar-refractivity contribution in [3.63, 3.8) is 0 Å². The number of hydrogen-bond donors (Lipinski definition) is 1. The number of hydrogen-bond acceptors (Lipinski definition) is 4. The van der Waals surface area contributed by atoms with E-state index in [1.807, 2.05) is 33.8 Å². The average molecular weight is 425 g/mol. The number of carbonyl (C=O) groups excluding carboxylic acids is 2. The first-order valence-electron chi connectivity index (χ1n) is 9.80. The number of halogens is 1. The summed E-state index contributed by atoms with van der Waals surface area (Å²) >= 11 is 6.10. The van der Waals surface area contributed by atoms with E-state index in [-0.39, 0.29) is 17.5 Å². The van der Waals surface area contributed by atoms with Crippen LogP contribution in [0.25, 0.3) is 0 Å². The van der Waals surface area contributed by atoms with E-state index in [1.54, 1.807) is 48.5 Å². The van der Waals surface area contributed by atoms with E-state index in [9.17, 15) is 14.7 Å². The van der Waals surface area contributed by atoms with Gasteiger partial charge < -0.3 is 9.84 Å². The highest BCUT2D eigenvalue weighted by molar-refractivity contribution is 6.31. The SMILES string of the molecule is CC.CC(C)c1cc(Cl)cc(C(=O)Oc2ccc(C(=O)c3ccc(O)cc3)cc2)c1. The highest BCUT2D eigenvalue weighted by Gasteiger charge is 2.14. The van der Waals surface area contributed by atoms with Gasteiger partial charge >= 0.3 is 5.97 Å². The molecule has 156 valence electrons. The van der Waals surface area contributed by atoms with Crippen molar-refractivity contribution in [2.45, 2.75) is 33.6 Å². The summed E-state index contributed by atoms with van der Waals surface area (Å²) in [5, 5.41) is 9.80. The maximum atomic E-state index is 12.4. The van der Waals surface area contributed by atoms with Gasteiger partial charge in [0.15, 0.2) is 5.78 Å². The Morgan fingerprint density at radius 2 is 1.37 bits per heavy atom. The summed E-state index contributed by atoms with van der Waals surface area (Å²) in [5.41, 5.74) is 2.24. The van der Waals surface area contributed by atoms with Crippen molar-refractivity contribution in [2.75, 3.05) is 0 Å². The van der Waals surface area contributed by atoms with Gasteiger partial charge in [-0.3, -0.25) is 4.79 Å². The first-order chi connectivity index (χ1) is 14.3. The quantitative estimate of drug-likeness (QED) is 0.283. The number of ketones is 1. The number of phenols is 1. The van der Waals surface area contributed by atoms with Crippen molar-refractivity contribution >= 4 is 23.4 Å². The molecule has 3 aromatic carbocycles. The second-order valence-electron chi connectivity index (χ2n) is 6.72. The summed E-state index contributed by atoms with van der Waals surface area (Å²) in [6.45, 7) is 8.04. The minimum atomic E-state index is -0.512. The molecule has 0 aliphatic rings. The van der Waals surface area contributed by atoms with Crippen LogP contribution in [-0.4, -0.2) is 16.9 Å². The number of carbonyl (C=O) groups is 2. The van der Waals surface area contributed by atoms with Crippen LogP contribution in [0, 0.1) is 0 Å². The van der Waals surface area contributed by atoms with E-state index in [0.29, 0.717) is 27.5 Å². The van der Waals surface area contributed by atoms with Crippen LogP contribution < -0.4 is 4.74 Å². The molecule has 4 nitrogen and oxygen atoms in total. The van der Waals surface area contributed by atoms with Gasteiger partial charge in [0.25, 0.3) is 0 Å². The predicted molar refractivity (Wildman–Crippen MR) is 120 cm³/mol. The van der Waals surface area contributed by atoms with Gasteiger partial charge in [0, 0.05) is 16.1 Å². The molecule has 0 aromatic heterocycles. The highest BCUT2D eigenvalue weighted by atomic mass is 35.5. The zero-order valence-corrected chi connectivity index (χ0v) is 18.2. The molecule has 0 atom stereocenters. The van der Waals surface area contributed by atoms with Crippen molar-refractivity contribution < 1.29 is 19.4 Å². The summed E-state index contributed by atoms with van der Waals surface area (Å²) in [4.78, 5) is 24.9. The van der Waals surface area contributed by atoms with E-state index < -0.39 is 5.97 Å². The zero-order chi connectivity index (χ0) is 22.3. The Morgan fingerprint density at radius 1 is 0.833 bits per heavy atom. The second kappa shape index (κ2) is 10.6. The van der Waals surface area contributed by atoms with Gasteiger partial charge in [0.1, 0.15) is 11.5 Å². The zero-order valence-electron chi connectivity index (χ0n) is 17.5. The third-order valence-corrected chi connectivity index (χ3v) is 4.50. The molecule has 3 aromatic rings. The Morgan fingerprint density at radius 3 is 1.90 bits per heavy atom. The van der Waals surface area contributed by atoms with Crippen LogP contribution in [-0.2, 0) is 0 Å². The maximum absolute atomic E-state index is 12.4. The van der Waals surface area contributed by atoms with Crippen LogP contribution in [0.5, 0.6) is 11.5 Å². The summed E-state index contributed by atoms with van der Waals surface area (Å²) in [7, 11) is 0. The summed E-state index contributed by atoms with van der Waals surface area (Å²) in [6.07, 6.45) is 0. The summed E-state index contributed by atoms with van der Waals surface area (Å²) in [5.74, 6) is -0.0365. The Bertz CT molecular complexity index is 1010. The first-order valence-corrected chi connectivity index (χ1v) is 10.2. The van der Waals surface area contributed by atoms with Gasteiger partial charge in [-0.25, -0.2) is 4.79 Å². The molecule has 0 fully saturated rings. The lowest BCUT2D eigenvalue weighted by molar-refractivity contribution is 0.0734. The molecule has 0 saturated carbocycles. The van der Waals surface area contributed by atoms with Crippen LogP contribution in [0.1, 0.15) is 65.5 Å². The number of ether oxygens (including phenoxy) is 1. The Balaban J connectivity index is 0.00000155. The van der Waals surface area contributed by atoms with Gasteiger partial charge in [-0.1, -0.05) is 39.3 Å². The first kappa shape index (κ1) is 23.2. The van der Waals surface area contributed by atoms with Crippen molar-refractivity contribution in [3.05, 3.63) is 94.0 Å². The number of aromatic hydroxyl groups is 1. The summed E-state index contributed by atoms with van der Waals surface area (Å²) in [6, 6.07) is 17.5. The molecule has 30 heavy (non-hydrogen) atoms. The van der Waals surface area contributed by atoms with Crippen LogP contribution in [0.3, 0.4) is 0 Å². The van der Waals surface area contributed by atoms with Crippen molar-refractivity contribution in [1.82, 2.24) is 0 Å². The van der Waals surface area contributed by atoms with Crippen LogP contribution in [0.15, 0.2) is 66.7 Å². The van der Waals surface area contributed by atoms with Crippen LogP contribution in [0.2, 0.25) is 5.02 Å². The number of phenolic OH excluding ortho intramolecular Hbond substituents is 1. The highest BCUT2D eigenvalue weighted by Crippen LogP contribution is 2.23. The van der Waals surface area contributed by atoms with Gasteiger partial charge in [0.05, 0.1) is 5.56 Å². The number of esters is 1. The normalized spacial score (nSPS) is 10.2. The molecule has 0 saturated heterocycles. The van der Waals surface area contributed by atoms with Crippen molar-refractivity contribution in [1.29, 1.82) is 0 Å². The smallest absolute Gasteiger partial charge is 0.343 e. The van der Waals surface area contributed by atoms with Crippen molar-refractivity contribution in [3.8, 4) is 11.5 Å². The van der Waals surface area contributed by atoms with E-state index in [2.05, 4.69) is 0 Å². The molecular weight excluding hydrogens is 400 g/mol. The fourth-order valence-corrected chi connectivity index (χ4v) is 2.93. The van der Waals surface area contributed by atoms with Gasteiger partial charge in [0.2, 0.25) is 0 Å². The minimum absolute atomic E-state index is 0.0976. The molecule has 0 radical (unpaired) electrons. The second-order valence-corrected chi connectivity index (χ2v) is 7.15. The van der Waals surface area contributed by atoms with Gasteiger partial charge in [-0.15, -0.1) is 0 Å². The molecule has 0 heterocycles. The van der Waals surface area contributed by atoms with Gasteiger partial charge in [-0.05, 0) is 78.2 Å². The Labute approximate surface area is 182 Å². The standard InChI is InChI=1S/C23H19ClO4.C2H6/c1-14(2)17-11-18(13-19(24)12-17)23(27)28-21-9-5-16(6-10-21)22(26)15-3-7-20(25)8-4-15;1-2/h3-14,25H,1-2H3;1-2H3. The molecule has 0 unspecified atom stereocenters. The Kier molecular flexibility index (Phi) is 8.19. The minimum Gasteiger partial charge on any atom is -0.508 e. The third-order valence-electron chi connectivity index (χ3n) is 4.28. The maximum Gasteiger partial charge on any atom is 0.343 e. The molecule has 0 spiro atoms. The molecular formula is C25H25ClO4. The molecule has 0 bridgehead atoms. The van der Waals surface area contributed by atoms with Crippen LogP contribution >= 0.6 is 11.6 Å². The third kappa shape index (κ3) is 5.94. The largest absolute Gasteiger partial charge is 0.508 e. The predicted octanol–water partition coefficient (Wildman–Crippen LogP) is 6.65. The van der Waals surface area contributed by atoms with Gasteiger partial charge in [-0.2, -0.15) is 0 Å². The fraction of sp³-hybridized carbons (Fsp3) is 0.200. The Hall–Kier alpha value is -3.11. The van der Waals surface area contributed by atoms with Crippen LogP contribution in [0.4, 0.5) is 0 Å². The average Bonchev–Trinajstić information content (AvgIpc) is 2.75. The van der Waals surface area contributed by atoms with E-state index in [4.69, 9.17) is 16.3 Å². The molecule has 5 heteroatoms. The molecule has 1 N–H and O–H groups in total. The lowest BCUT2D eigenvalue weighted by Crippen LogP contribution is -2.09.